The summed E-state index contributed by atoms with van der Waals surface area (Å²) in [5.74, 6) is 1.27. The van der Waals surface area contributed by atoms with E-state index in [0.717, 1.165) is 12.1 Å². The molecule has 2 unspecified atom stereocenters. The second kappa shape index (κ2) is 7.53. The van der Waals surface area contributed by atoms with Crippen LogP contribution in [0.15, 0.2) is 0 Å². The van der Waals surface area contributed by atoms with Crippen LogP contribution in [0.2, 0.25) is 0 Å². The number of nitrogens with one attached hydrogen (secondary N) is 1. The Morgan fingerprint density at radius 1 is 1.47 bits per heavy atom. The van der Waals surface area contributed by atoms with Gasteiger partial charge in [-0.3, -0.25) is 4.90 Å². The third-order valence-electron chi connectivity index (χ3n) is 3.50. The molecule has 1 rings (SSSR count). The van der Waals surface area contributed by atoms with E-state index in [2.05, 4.69) is 30.4 Å². The zero-order valence-corrected chi connectivity index (χ0v) is 11.3. The Morgan fingerprint density at radius 3 is 2.93 bits per heavy atom. The molecule has 1 aliphatic heterocycles. The van der Waals surface area contributed by atoms with Crippen molar-refractivity contribution in [2.75, 3.05) is 32.1 Å². The van der Waals surface area contributed by atoms with Crippen molar-refractivity contribution in [3.8, 4) is 0 Å². The molecule has 0 spiro atoms. The van der Waals surface area contributed by atoms with E-state index in [4.69, 9.17) is 0 Å². The summed E-state index contributed by atoms with van der Waals surface area (Å²) in [4.78, 5) is 2.61. The molecule has 3 heteroatoms. The zero-order chi connectivity index (χ0) is 11.1. The predicted octanol–water partition coefficient (Wildman–Crippen LogP) is 2.20. The van der Waals surface area contributed by atoms with Crippen LogP contribution in [0.5, 0.6) is 0 Å². The van der Waals surface area contributed by atoms with Crippen molar-refractivity contribution in [3.63, 3.8) is 0 Å². The monoisotopic (exact) mass is 230 g/mol. The van der Waals surface area contributed by atoms with Gasteiger partial charge in [0.1, 0.15) is 0 Å². The maximum atomic E-state index is 3.55. The van der Waals surface area contributed by atoms with Gasteiger partial charge in [-0.2, -0.15) is 11.8 Å². The van der Waals surface area contributed by atoms with Crippen molar-refractivity contribution >= 4 is 11.8 Å². The fraction of sp³-hybridized carbons (Fsp3) is 1.00. The molecule has 2 nitrogen and oxygen atoms in total. The van der Waals surface area contributed by atoms with Crippen LogP contribution < -0.4 is 5.32 Å². The summed E-state index contributed by atoms with van der Waals surface area (Å²) in [5, 5.41) is 3.55. The number of nitrogens with zero attached hydrogens (tertiary/aromatic N) is 1. The fourth-order valence-electron chi connectivity index (χ4n) is 2.36. The largest absolute Gasteiger partial charge is 0.315 e. The molecule has 0 aromatic rings. The van der Waals surface area contributed by atoms with Gasteiger partial charge in [0, 0.05) is 24.4 Å². The Labute approximate surface area is 99.2 Å². The molecule has 90 valence electrons. The number of hydrogen-bond donors (Lipinski definition) is 1. The number of rotatable bonds is 5. The molecule has 1 aliphatic rings. The summed E-state index contributed by atoms with van der Waals surface area (Å²) in [6.07, 6.45) is 7.59. The lowest BCUT2D eigenvalue weighted by Crippen LogP contribution is -2.45. The maximum absolute atomic E-state index is 3.55. The van der Waals surface area contributed by atoms with E-state index in [1.807, 2.05) is 11.8 Å². The first-order valence-electron chi connectivity index (χ1n) is 6.21. The Kier molecular flexibility index (Phi) is 6.69. The van der Waals surface area contributed by atoms with Crippen LogP contribution in [0.4, 0.5) is 0 Å². The van der Waals surface area contributed by atoms with Crippen LogP contribution in [0.3, 0.4) is 0 Å². The van der Waals surface area contributed by atoms with Crippen molar-refractivity contribution in [2.24, 2.45) is 0 Å². The second-order valence-electron chi connectivity index (χ2n) is 4.54. The summed E-state index contributed by atoms with van der Waals surface area (Å²) < 4.78 is 0. The molecule has 0 radical (unpaired) electrons. The first kappa shape index (κ1) is 13.3. The van der Waals surface area contributed by atoms with E-state index < -0.39 is 0 Å². The molecule has 0 bridgehead atoms. The van der Waals surface area contributed by atoms with E-state index in [9.17, 15) is 0 Å². The van der Waals surface area contributed by atoms with Crippen molar-refractivity contribution in [1.82, 2.24) is 10.2 Å². The first-order valence-corrected chi connectivity index (χ1v) is 7.60. The van der Waals surface area contributed by atoms with E-state index >= 15 is 0 Å². The summed E-state index contributed by atoms with van der Waals surface area (Å²) in [5.41, 5.74) is 0. The van der Waals surface area contributed by atoms with Gasteiger partial charge in [0.25, 0.3) is 0 Å². The summed E-state index contributed by atoms with van der Waals surface area (Å²) in [6.45, 7) is 4.70. The van der Waals surface area contributed by atoms with E-state index in [-0.39, 0.29) is 0 Å². The summed E-state index contributed by atoms with van der Waals surface area (Å²) in [6, 6.07) is 1.51. The van der Waals surface area contributed by atoms with Crippen LogP contribution >= 0.6 is 11.8 Å². The highest BCUT2D eigenvalue weighted by molar-refractivity contribution is 7.98. The van der Waals surface area contributed by atoms with Crippen LogP contribution in [-0.2, 0) is 0 Å². The molecule has 0 aromatic carbocycles. The third-order valence-corrected chi connectivity index (χ3v) is 4.22. The Bertz CT molecular complexity index is 156. The SMILES string of the molecule is CCC(CSC)N(C)C1CCCCNC1. The lowest BCUT2D eigenvalue weighted by atomic mass is 10.1. The normalized spacial score (nSPS) is 25.2. The summed E-state index contributed by atoms with van der Waals surface area (Å²) >= 11 is 1.97. The molecular formula is C12H26N2S. The highest BCUT2D eigenvalue weighted by Crippen LogP contribution is 2.16. The van der Waals surface area contributed by atoms with Crippen LogP contribution in [0, 0.1) is 0 Å². The average molecular weight is 230 g/mol. The Balaban J connectivity index is 2.43. The van der Waals surface area contributed by atoms with Gasteiger partial charge in [-0.1, -0.05) is 13.3 Å². The molecule has 1 saturated heterocycles. The molecule has 1 fully saturated rings. The molecule has 0 aliphatic carbocycles. The standard InChI is InChI=1S/C12H26N2S/c1-4-11(10-15-3)14(2)12-7-5-6-8-13-9-12/h11-13H,4-10H2,1-3H3. The van der Waals surface area contributed by atoms with Gasteiger partial charge in [0.15, 0.2) is 0 Å². The molecule has 1 heterocycles. The Morgan fingerprint density at radius 2 is 2.27 bits per heavy atom. The van der Waals surface area contributed by atoms with Gasteiger partial charge < -0.3 is 5.32 Å². The minimum Gasteiger partial charge on any atom is -0.315 e. The van der Waals surface area contributed by atoms with E-state index in [0.29, 0.717) is 0 Å². The zero-order valence-electron chi connectivity index (χ0n) is 10.5. The van der Waals surface area contributed by atoms with Crippen LogP contribution in [0.25, 0.3) is 0 Å². The summed E-state index contributed by atoms with van der Waals surface area (Å²) in [7, 11) is 2.31. The quantitative estimate of drug-likeness (QED) is 0.779. The van der Waals surface area contributed by atoms with Gasteiger partial charge in [0.05, 0.1) is 0 Å². The topological polar surface area (TPSA) is 15.3 Å². The van der Waals surface area contributed by atoms with Crippen molar-refractivity contribution in [2.45, 2.75) is 44.7 Å². The van der Waals surface area contributed by atoms with Gasteiger partial charge in [-0.05, 0) is 39.1 Å². The highest BCUT2D eigenvalue weighted by Gasteiger charge is 2.21. The van der Waals surface area contributed by atoms with Gasteiger partial charge in [-0.15, -0.1) is 0 Å². The first-order chi connectivity index (χ1) is 7.29. The van der Waals surface area contributed by atoms with Crippen molar-refractivity contribution in [3.05, 3.63) is 0 Å². The van der Waals surface area contributed by atoms with Gasteiger partial charge >= 0.3 is 0 Å². The molecule has 0 amide bonds. The molecular weight excluding hydrogens is 204 g/mol. The predicted molar refractivity (Wildman–Crippen MR) is 70.7 cm³/mol. The molecule has 0 aromatic heterocycles. The molecule has 2 atom stereocenters. The number of likely N-dealkylation sites (N-methyl/N-ethyl adjacent to an activating group) is 1. The number of hydrogen-bond acceptors (Lipinski definition) is 3. The van der Waals surface area contributed by atoms with E-state index in [1.54, 1.807) is 0 Å². The minimum atomic E-state index is 0.754. The Hall–Kier alpha value is 0.270. The van der Waals surface area contributed by atoms with E-state index in [1.165, 1.54) is 44.5 Å². The average Bonchev–Trinajstić information content (AvgIpc) is 2.53. The third kappa shape index (κ3) is 4.33. The van der Waals surface area contributed by atoms with Gasteiger partial charge in [0.2, 0.25) is 0 Å². The lowest BCUT2D eigenvalue weighted by molar-refractivity contribution is 0.175. The van der Waals surface area contributed by atoms with Gasteiger partial charge in [-0.25, -0.2) is 0 Å². The maximum Gasteiger partial charge on any atom is 0.0220 e. The molecule has 15 heavy (non-hydrogen) atoms. The van der Waals surface area contributed by atoms with Crippen LogP contribution in [0.1, 0.15) is 32.6 Å². The molecule has 0 saturated carbocycles. The second-order valence-corrected chi connectivity index (χ2v) is 5.45. The van der Waals surface area contributed by atoms with Crippen LogP contribution in [-0.4, -0.2) is 49.1 Å². The molecule has 1 N–H and O–H groups in total. The lowest BCUT2D eigenvalue weighted by Gasteiger charge is -2.34. The highest BCUT2D eigenvalue weighted by atomic mass is 32.2. The fourth-order valence-corrected chi connectivity index (χ4v) is 3.22. The smallest absolute Gasteiger partial charge is 0.0220 e. The van der Waals surface area contributed by atoms with Crippen molar-refractivity contribution < 1.29 is 0 Å². The minimum absolute atomic E-state index is 0.754. The van der Waals surface area contributed by atoms with Crippen molar-refractivity contribution in [1.29, 1.82) is 0 Å². The number of thioether (sulfide) groups is 1.